The van der Waals surface area contributed by atoms with Gasteiger partial charge in [0.15, 0.2) is 0 Å². The fraction of sp³-hybridized carbons (Fsp3) is 0.158. The monoisotopic (exact) mass is 340 g/mol. The molecule has 0 aliphatic carbocycles. The van der Waals surface area contributed by atoms with Crippen LogP contribution in [0.3, 0.4) is 0 Å². The Hall–Kier alpha value is -2.59. The molecule has 24 heavy (non-hydrogen) atoms. The number of para-hydroxylation sites is 1. The molecule has 0 spiro atoms. The molecular formula is C19H17ClN2O2. The highest BCUT2D eigenvalue weighted by Crippen LogP contribution is 2.31. The zero-order valence-electron chi connectivity index (χ0n) is 13.3. The zero-order chi connectivity index (χ0) is 17.1. The maximum Gasteiger partial charge on any atom is 0.278 e. The summed E-state index contributed by atoms with van der Waals surface area (Å²) in [5.74, 6) is -0.571. The molecule has 0 saturated carbocycles. The number of anilines is 1. The van der Waals surface area contributed by atoms with E-state index in [9.17, 15) is 9.59 Å². The summed E-state index contributed by atoms with van der Waals surface area (Å²) in [5.41, 5.74) is 2.13. The molecule has 0 fully saturated rings. The number of carbonyl (C=O) groups excluding carboxylic acids is 2. The summed E-state index contributed by atoms with van der Waals surface area (Å²) in [4.78, 5) is 26.8. The summed E-state index contributed by atoms with van der Waals surface area (Å²) in [6, 6.07) is 16.3. The van der Waals surface area contributed by atoms with E-state index >= 15 is 0 Å². The first-order chi connectivity index (χ1) is 11.6. The molecule has 1 heterocycles. The summed E-state index contributed by atoms with van der Waals surface area (Å²) >= 11 is 5.93. The molecule has 0 aromatic heterocycles. The topological polar surface area (TPSA) is 49.4 Å². The lowest BCUT2D eigenvalue weighted by atomic mass is 10.0. The maximum atomic E-state index is 12.8. The Bertz CT molecular complexity index is 798. The van der Waals surface area contributed by atoms with E-state index in [1.807, 2.05) is 37.3 Å². The zero-order valence-corrected chi connectivity index (χ0v) is 14.0. The second-order valence-electron chi connectivity index (χ2n) is 5.51. The van der Waals surface area contributed by atoms with Crippen molar-refractivity contribution in [2.75, 3.05) is 11.9 Å². The Morgan fingerprint density at radius 3 is 2.25 bits per heavy atom. The second-order valence-corrected chi connectivity index (χ2v) is 5.95. The molecule has 2 aromatic carbocycles. The Kier molecular flexibility index (Phi) is 4.67. The van der Waals surface area contributed by atoms with Gasteiger partial charge in [0, 0.05) is 17.3 Å². The number of amides is 2. The van der Waals surface area contributed by atoms with Gasteiger partial charge in [-0.05, 0) is 36.2 Å². The summed E-state index contributed by atoms with van der Waals surface area (Å²) in [6.07, 6.45) is 0.712. The van der Waals surface area contributed by atoms with E-state index in [4.69, 9.17) is 11.6 Å². The predicted octanol–water partition coefficient (Wildman–Crippen LogP) is 3.94. The largest absolute Gasteiger partial charge is 0.350 e. The maximum absolute atomic E-state index is 12.8. The minimum atomic E-state index is -0.296. The molecular weight excluding hydrogens is 324 g/mol. The van der Waals surface area contributed by atoms with Crippen LogP contribution in [-0.2, 0) is 9.59 Å². The number of benzene rings is 2. The summed E-state index contributed by atoms with van der Waals surface area (Å²) < 4.78 is 0. The molecule has 2 aromatic rings. The first-order valence-corrected chi connectivity index (χ1v) is 8.18. The van der Waals surface area contributed by atoms with Gasteiger partial charge in [0.2, 0.25) is 0 Å². The van der Waals surface area contributed by atoms with Gasteiger partial charge in [-0.2, -0.15) is 0 Å². The molecule has 2 amide bonds. The van der Waals surface area contributed by atoms with Gasteiger partial charge in [0.1, 0.15) is 5.70 Å². The number of rotatable bonds is 5. The van der Waals surface area contributed by atoms with E-state index < -0.39 is 0 Å². The van der Waals surface area contributed by atoms with Gasteiger partial charge in [-0.15, -0.1) is 0 Å². The van der Waals surface area contributed by atoms with E-state index in [-0.39, 0.29) is 11.8 Å². The lowest BCUT2D eigenvalue weighted by Crippen LogP contribution is -2.33. The van der Waals surface area contributed by atoms with Crippen LogP contribution in [0.2, 0.25) is 5.02 Å². The summed E-state index contributed by atoms with van der Waals surface area (Å²) in [5, 5.41) is 3.69. The molecule has 1 aliphatic heterocycles. The number of carbonyl (C=O) groups is 2. The fourth-order valence-corrected chi connectivity index (χ4v) is 2.79. The third kappa shape index (κ3) is 3.05. The molecule has 3 rings (SSSR count). The van der Waals surface area contributed by atoms with Crippen molar-refractivity contribution in [2.24, 2.45) is 0 Å². The van der Waals surface area contributed by atoms with Crippen molar-refractivity contribution < 1.29 is 9.59 Å². The van der Waals surface area contributed by atoms with E-state index in [1.54, 1.807) is 24.3 Å². The van der Waals surface area contributed by atoms with Gasteiger partial charge in [-0.1, -0.05) is 48.9 Å². The Labute approximate surface area is 145 Å². The Morgan fingerprint density at radius 1 is 0.958 bits per heavy atom. The normalized spacial score (nSPS) is 14.5. The van der Waals surface area contributed by atoms with Crippen molar-refractivity contribution in [3.8, 4) is 0 Å². The van der Waals surface area contributed by atoms with E-state index in [1.165, 1.54) is 4.90 Å². The Balaban J connectivity index is 2.06. The van der Waals surface area contributed by atoms with Crippen molar-refractivity contribution in [3.05, 3.63) is 70.9 Å². The number of hydrogen-bond donors (Lipinski definition) is 1. The van der Waals surface area contributed by atoms with Crippen molar-refractivity contribution >= 4 is 34.7 Å². The number of halogens is 1. The molecule has 0 radical (unpaired) electrons. The average molecular weight is 341 g/mol. The molecule has 0 atom stereocenters. The second kappa shape index (κ2) is 6.89. The first-order valence-electron chi connectivity index (χ1n) is 7.80. The minimum absolute atomic E-state index is 0.275. The highest BCUT2D eigenvalue weighted by molar-refractivity contribution is 6.36. The van der Waals surface area contributed by atoms with E-state index in [0.717, 1.165) is 5.69 Å². The number of nitrogens with zero attached hydrogens (tertiary/aromatic N) is 1. The summed E-state index contributed by atoms with van der Waals surface area (Å²) in [6.45, 7) is 2.33. The lowest BCUT2D eigenvalue weighted by molar-refractivity contribution is -0.136. The summed E-state index contributed by atoms with van der Waals surface area (Å²) in [7, 11) is 0. The molecule has 4 nitrogen and oxygen atoms in total. The van der Waals surface area contributed by atoms with Crippen molar-refractivity contribution in [2.45, 2.75) is 13.3 Å². The van der Waals surface area contributed by atoms with Gasteiger partial charge in [0.05, 0.1) is 5.57 Å². The molecule has 0 saturated heterocycles. The van der Waals surface area contributed by atoms with Gasteiger partial charge in [0.25, 0.3) is 11.8 Å². The van der Waals surface area contributed by atoms with Crippen LogP contribution in [0.5, 0.6) is 0 Å². The molecule has 0 unspecified atom stereocenters. The quantitative estimate of drug-likeness (QED) is 0.839. The van der Waals surface area contributed by atoms with Crippen LogP contribution < -0.4 is 5.32 Å². The van der Waals surface area contributed by atoms with Crippen LogP contribution in [-0.4, -0.2) is 23.3 Å². The van der Waals surface area contributed by atoms with Crippen LogP contribution in [0, 0.1) is 0 Å². The average Bonchev–Trinajstić information content (AvgIpc) is 2.82. The standard InChI is InChI=1S/C19H17ClN2O2/c1-2-12-22-18(23)16(13-8-10-14(20)11-9-13)17(19(22)24)21-15-6-4-3-5-7-15/h3-11,21H,2,12H2,1H3. The number of imide groups is 1. The van der Waals surface area contributed by atoms with Crippen LogP contribution in [0.1, 0.15) is 18.9 Å². The molecule has 122 valence electrons. The number of nitrogens with one attached hydrogen (secondary N) is 1. The van der Waals surface area contributed by atoms with Crippen LogP contribution in [0.15, 0.2) is 60.3 Å². The van der Waals surface area contributed by atoms with Crippen LogP contribution >= 0.6 is 11.6 Å². The third-order valence-corrected chi connectivity index (χ3v) is 4.04. The van der Waals surface area contributed by atoms with Crippen molar-refractivity contribution in [1.29, 1.82) is 0 Å². The first kappa shape index (κ1) is 16.3. The van der Waals surface area contributed by atoms with Crippen molar-refractivity contribution in [1.82, 2.24) is 4.90 Å². The van der Waals surface area contributed by atoms with Gasteiger partial charge in [-0.25, -0.2) is 0 Å². The SMILES string of the molecule is CCCN1C(=O)C(Nc2ccccc2)=C(c2ccc(Cl)cc2)C1=O. The lowest BCUT2D eigenvalue weighted by Gasteiger charge is -2.13. The highest BCUT2D eigenvalue weighted by Gasteiger charge is 2.38. The smallest absolute Gasteiger partial charge is 0.278 e. The molecule has 5 heteroatoms. The molecule has 0 bridgehead atoms. The van der Waals surface area contributed by atoms with Crippen LogP contribution in [0.4, 0.5) is 5.69 Å². The third-order valence-electron chi connectivity index (χ3n) is 3.79. The van der Waals surface area contributed by atoms with E-state index in [2.05, 4.69) is 5.32 Å². The van der Waals surface area contributed by atoms with E-state index in [0.29, 0.717) is 34.8 Å². The fourth-order valence-electron chi connectivity index (χ4n) is 2.67. The predicted molar refractivity (Wildman–Crippen MR) is 95.4 cm³/mol. The van der Waals surface area contributed by atoms with Crippen LogP contribution in [0.25, 0.3) is 5.57 Å². The van der Waals surface area contributed by atoms with Gasteiger partial charge < -0.3 is 5.32 Å². The Morgan fingerprint density at radius 2 is 1.62 bits per heavy atom. The number of hydrogen-bond acceptors (Lipinski definition) is 3. The molecule has 1 aliphatic rings. The van der Waals surface area contributed by atoms with Crippen molar-refractivity contribution in [3.63, 3.8) is 0 Å². The highest BCUT2D eigenvalue weighted by atomic mass is 35.5. The van der Waals surface area contributed by atoms with Gasteiger partial charge in [-0.3, -0.25) is 14.5 Å². The van der Waals surface area contributed by atoms with Gasteiger partial charge >= 0.3 is 0 Å². The molecule has 1 N–H and O–H groups in total. The minimum Gasteiger partial charge on any atom is -0.350 e.